The Labute approximate surface area is 150 Å². The van der Waals surface area contributed by atoms with Crippen LogP contribution in [0.5, 0.6) is 0 Å². The number of amides is 1. The summed E-state index contributed by atoms with van der Waals surface area (Å²) >= 11 is 3.35. The van der Waals surface area contributed by atoms with Crippen molar-refractivity contribution in [2.45, 2.75) is 32.9 Å². The molecule has 0 saturated carbocycles. The number of aromatic carboxylic acids is 1. The summed E-state index contributed by atoms with van der Waals surface area (Å²) in [7, 11) is 0. The monoisotopic (exact) mass is 398 g/mol. The Balaban J connectivity index is 1.92. The Kier molecular flexibility index (Phi) is 5.87. The Morgan fingerprint density at radius 1 is 1.17 bits per heavy atom. The third-order valence-corrected chi connectivity index (χ3v) is 4.09. The zero-order valence-corrected chi connectivity index (χ0v) is 15.8. The summed E-state index contributed by atoms with van der Waals surface area (Å²) in [4.78, 5) is 27.1. The number of rotatable bonds is 3. The molecular weight excluding hydrogens is 376 g/mol. The van der Waals surface area contributed by atoms with E-state index >= 15 is 0 Å². The first-order valence-electron chi connectivity index (χ1n) is 7.87. The maximum atomic E-state index is 12.1. The molecule has 24 heavy (non-hydrogen) atoms. The lowest BCUT2D eigenvalue weighted by molar-refractivity contribution is 0.0138. The summed E-state index contributed by atoms with van der Waals surface area (Å²) in [5, 5.41) is 9.14. The molecular formula is C17H23BrN2O4. The second-order valence-electron chi connectivity index (χ2n) is 6.90. The van der Waals surface area contributed by atoms with Crippen molar-refractivity contribution < 1.29 is 19.4 Å². The van der Waals surface area contributed by atoms with Gasteiger partial charge in [0.2, 0.25) is 0 Å². The second kappa shape index (κ2) is 7.53. The second-order valence-corrected chi connectivity index (χ2v) is 7.81. The topological polar surface area (TPSA) is 70.1 Å². The van der Waals surface area contributed by atoms with Gasteiger partial charge in [0.05, 0.1) is 5.56 Å². The number of hydrogen-bond donors (Lipinski definition) is 1. The van der Waals surface area contributed by atoms with Crippen molar-refractivity contribution in [2.75, 3.05) is 26.2 Å². The van der Waals surface area contributed by atoms with Gasteiger partial charge in [-0.3, -0.25) is 4.90 Å². The van der Waals surface area contributed by atoms with E-state index in [-0.39, 0.29) is 11.7 Å². The van der Waals surface area contributed by atoms with Crippen LogP contribution in [-0.2, 0) is 11.3 Å². The first-order chi connectivity index (χ1) is 11.1. The van der Waals surface area contributed by atoms with Crippen LogP contribution in [-0.4, -0.2) is 58.7 Å². The van der Waals surface area contributed by atoms with Crippen LogP contribution in [0.3, 0.4) is 0 Å². The van der Waals surface area contributed by atoms with Gasteiger partial charge >= 0.3 is 12.1 Å². The van der Waals surface area contributed by atoms with Crippen LogP contribution < -0.4 is 0 Å². The molecule has 2 rings (SSSR count). The molecule has 1 amide bonds. The van der Waals surface area contributed by atoms with E-state index in [1.165, 1.54) is 0 Å². The Bertz CT molecular complexity index is 620. The highest BCUT2D eigenvalue weighted by Gasteiger charge is 2.25. The Morgan fingerprint density at radius 3 is 2.33 bits per heavy atom. The minimum absolute atomic E-state index is 0.270. The van der Waals surface area contributed by atoms with Crippen LogP contribution in [0.4, 0.5) is 4.79 Å². The Morgan fingerprint density at radius 2 is 1.79 bits per heavy atom. The molecule has 1 aliphatic heterocycles. The number of carbonyl (C=O) groups excluding carboxylic acids is 1. The van der Waals surface area contributed by atoms with Crippen molar-refractivity contribution in [2.24, 2.45) is 0 Å². The summed E-state index contributed by atoms with van der Waals surface area (Å²) in [5.74, 6) is -0.938. The van der Waals surface area contributed by atoms with Gasteiger partial charge in [0.25, 0.3) is 0 Å². The van der Waals surface area contributed by atoms with Crippen LogP contribution in [0.15, 0.2) is 22.7 Å². The maximum absolute atomic E-state index is 12.1. The highest BCUT2D eigenvalue weighted by atomic mass is 79.9. The van der Waals surface area contributed by atoms with Gasteiger partial charge in [0.15, 0.2) is 0 Å². The zero-order chi connectivity index (χ0) is 17.9. The first-order valence-corrected chi connectivity index (χ1v) is 8.66. The van der Waals surface area contributed by atoms with Crippen LogP contribution in [0.1, 0.15) is 36.7 Å². The number of piperazine rings is 1. The Hall–Kier alpha value is -1.60. The third-order valence-electron chi connectivity index (χ3n) is 3.63. The smallest absolute Gasteiger partial charge is 0.410 e. The molecule has 1 saturated heterocycles. The lowest BCUT2D eigenvalue weighted by atomic mass is 10.1. The number of carboxylic acid groups (broad SMARTS) is 1. The minimum Gasteiger partial charge on any atom is -0.478 e. The van der Waals surface area contributed by atoms with Gasteiger partial charge in [-0.2, -0.15) is 0 Å². The highest BCUT2D eigenvalue weighted by molar-refractivity contribution is 9.10. The van der Waals surface area contributed by atoms with E-state index in [1.54, 1.807) is 17.0 Å². The molecule has 0 unspecified atom stereocenters. The van der Waals surface area contributed by atoms with Gasteiger partial charge in [-0.05, 0) is 44.5 Å². The van der Waals surface area contributed by atoms with E-state index in [1.807, 2.05) is 26.8 Å². The molecule has 1 N–H and O–H groups in total. The summed E-state index contributed by atoms with van der Waals surface area (Å²) in [6.45, 7) is 8.89. The van der Waals surface area contributed by atoms with Crippen molar-refractivity contribution in [3.05, 3.63) is 33.8 Å². The molecule has 132 valence electrons. The first kappa shape index (κ1) is 18.7. The lowest BCUT2D eigenvalue weighted by Gasteiger charge is -2.35. The highest BCUT2D eigenvalue weighted by Crippen LogP contribution is 2.19. The number of nitrogens with zero attached hydrogens (tertiary/aromatic N) is 2. The quantitative estimate of drug-likeness (QED) is 0.846. The minimum atomic E-state index is -0.938. The van der Waals surface area contributed by atoms with Crippen molar-refractivity contribution in [3.8, 4) is 0 Å². The summed E-state index contributed by atoms with van der Waals surface area (Å²) < 4.78 is 6.14. The van der Waals surface area contributed by atoms with Crippen LogP contribution in [0.2, 0.25) is 0 Å². The van der Waals surface area contributed by atoms with Crippen LogP contribution >= 0.6 is 15.9 Å². The fraction of sp³-hybridized carbons (Fsp3) is 0.529. The molecule has 1 heterocycles. The van der Waals surface area contributed by atoms with Crippen molar-refractivity contribution in [3.63, 3.8) is 0 Å². The van der Waals surface area contributed by atoms with Gasteiger partial charge in [0, 0.05) is 37.2 Å². The SMILES string of the molecule is CC(C)(C)OC(=O)N1CCN(Cc2cc(Br)cc(C(=O)O)c2)CC1. The van der Waals surface area contributed by atoms with E-state index < -0.39 is 11.6 Å². The number of carboxylic acids is 1. The van der Waals surface area contributed by atoms with E-state index in [4.69, 9.17) is 9.84 Å². The largest absolute Gasteiger partial charge is 0.478 e. The summed E-state index contributed by atoms with van der Waals surface area (Å²) in [6, 6.07) is 5.20. The zero-order valence-electron chi connectivity index (χ0n) is 14.2. The number of hydrogen-bond acceptors (Lipinski definition) is 4. The molecule has 7 heteroatoms. The van der Waals surface area contributed by atoms with Gasteiger partial charge in [-0.15, -0.1) is 0 Å². The average Bonchev–Trinajstić information content (AvgIpc) is 2.45. The molecule has 0 aromatic heterocycles. The molecule has 1 aromatic rings. The van der Waals surface area contributed by atoms with Gasteiger partial charge < -0.3 is 14.7 Å². The third kappa shape index (κ3) is 5.49. The molecule has 0 spiro atoms. The van der Waals surface area contributed by atoms with E-state index in [9.17, 15) is 9.59 Å². The van der Waals surface area contributed by atoms with Crippen LogP contribution in [0.25, 0.3) is 0 Å². The lowest BCUT2D eigenvalue weighted by Crippen LogP contribution is -2.49. The summed E-state index contributed by atoms with van der Waals surface area (Å²) in [5.41, 5.74) is 0.719. The number of halogens is 1. The van der Waals surface area contributed by atoms with Gasteiger partial charge in [-0.25, -0.2) is 9.59 Å². The van der Waals surface area contributed by atoms with E-state index in [0.29, 0.717) is 19.6 Å². The molecule has 1 fully saturated rings. The van der Waals surface area contributed by atoms with Gasteiger partial charge in [0.1, 0.15) is 5.60 Å². The number of benzene rings is 1. The van der Waals surface area contributed by atoms with Crippen molar-refractivity contribution in [1.82, 2.24) is 9.80 Å². The number of carbonyl (C=O) groups is 2. The predicted octanol–water partition coefficient (Wildman–Crippen LogP) is 3.20. The molecule has 0 aliphatic carbocycles. The van der Waals surface area contributed by atoms with Crippen LogP contribution in [0, 0.1) is 0 Å². The predicted molar refractivity (Wildman–Crippen MR) is 94.2 cm³/mol. The van der Waals surface area contributed by atoms with E-state index in [0.717, 1.165) is 23.1 Å². The normalized spacial score (nSPS) is 16.1. The standard InChI is InChI=1S/C17H23BrN2O4/c1-17(2,3)24-16(23)20-6-4-19(5-7-20)11-12-8-13(15(21)22)10-14(18)9-12/h8-10H,4-7,11H2,1-3H3,(H,21,22). The molecule has 1 aromatic carbocycles. The molecule has 0 atom stereocenters. The molecule has 0 radical (unpaired) electrons. The van der Waals surface area contributed by atoms with Crippen molar-refractivity contribution >= 4 is 28.0 Å². The maximum Gasteiger partial charge on any atom is 0.410 e. The van der Waals surface area contributed by atoms with E-state index in [2.05, 4.69) is 20.8 Å². The van der Waals surface area contributed by atoms with Crippen molar-refractivity contribution in [1.29, 1.82) is 0 Å². The van der Waals surface area contributed by atoms with Gasteiger partial charge in [-0.1, -0.05) is 15.9 Å². The summed E-state index contributed by atoms with van der Waals surface area (Å²) in [6.07, 6.45) is -0.280. The fourth-order valence-corrected chi connectivity index (χ4v) is 3.08. The molecule has 6 nitrogen and oxygen atoms in total. The molecule has 1 aliphatic rings. The number of ether oxygens (including phenoxy) is 1. The molecule has 0 bridgehead atoms. The fourth-order valence-electron chi connectivity index (χ4n) is 2.54. The average molecular weight is 399 g/mol.